The van der Waals surface area contributed by atoms with E-state index in [0.717, 1.165) is 5.56 Å². The van der Waals surface area contributed by atoms with Crippen LogP contribution in [-0.2, 0) is 16.6 Å². The van der Waals surface area contributed by atoms with E-state index in [-0.39, 0.29) is 23.5 Å². The van der Waals surface area contributed by atoms with Crippen LogP contribution in [0.1, 0.15) is 24.4 Å². The van der Waals surface area contributed by atoms with E-state index in [1.54, 1.807) is 12.3 Å². The van der Waals surface area contributed by atoms with Crippen molar-refractivity contribution >= 4 is 34.0 Å². The highest BCUT2D eigenvalue weighted by atomic mass is 35.5. The Hall–Kier alpha value is -1.12. The summed E-state index contributed by atoms with van der Waals surface area (Å²) in [6.45, 7) is 6.03. The molecule has 1 atom stereocenters. The van der Waals surface area contributed by atoms with Crippen LogP contribution < -0.4 is 5.32 Å². The number of aryl methyl sites for hydroxylation is 2. The van der Waals surface area contributed by atoms with Crippen molar-refractivity contribution in [1.29, 1.82) is 0 Å². The minimum atomic E-state index is -3.67. The highest BCUT2D eigenvalue weighted by molar-refractivity contribution is 7.89. The number of sulfonamides is 1. The van der Waals surface area contributed by atoms with Gasteiger partial charge in [0.25, 0.3) is 10.0 Å². The van der Waals surface area contributed by atoms with Crippen molar-refractivity contribution in [2.75, 3.05) is 19.6 Å². The average Bonchev–Trinajstić information content (AvgIpc) is 2.96. The Morgan fingerprint density at radius 1 is 1.40 bits per heavy atom. The molecule has 1 saturated heterocycles. The fraction of sp³-hybridized carbons (Fsp3) is 0.438. The van der Waals surface area contributed by atoms with Crippen molar-refractivity contribution in [3.8, 4) is 0 Å². The van der Waals surface area contributed by atoms with Crippen LogP contribution in [0.3, 0.4) is 0 Å². The summed E-state index contributed by atoms with van der Waals surface area (Å²) in [7, 11) is -3.67. The topological polar surface area (TPSA) is 67.2 Å². The Morgan fingerprint density at radius 2 is 2.16 bits per heavy atom. The summed E-state index contributed by atoms with van der Waals surface area (Å²) in [5.41, 5.74) is 0.880. The second-order valence-corrected chi connectivity index (χ2v) is 8.08. The molecule has 0 spiro atoms. The lowest BCUT2D eigenvalue weighted by molar-refractivity contribution is 0.271. The number of rotatable bonds is 4. The van der Waals surface area contributed by atoms with Gasteiger partial charge in [-0.2, -0.15) is 4.31 Å². The number of hydrogen-bond acceptors (Lipinski definition) is 4. The molecule has 6 nitrogen and oxygen atoms in total. The summed E-state index contributed by atoms with van der Waals surface area (Å²) in [5.74, 6) is 0.700. The van der Waals surface area contributed by atoms with E-state index in [9.17, 15) is 8.42 Å². The minimum Gasteiger partial charge on any atom is -0.334 e. The molecule has 2 heterocycles. The van der Waals surface area contributed by atoms with Gasteiger partial charge in [-0.1, -0.05) is 23.7 Å². The number of imidazole rings is 1. The quantitative estimate of drug-likeness (QED) is 0.849. The van der Waals surface area contributed by atoms with Gasteiger partial charge in [0.15, 0.2) is 5.03 Å². The maximum absolute atomic E-state index is 13.1. The Labute approximate surface area is 159 Å². The molecular formula is C16H22Cl2N4O2S. The van der Waals surface area contributed by atoms with Gasteiger partial charge >= 0.3 is 0 Å². The van der Waals surface area contributed by atoms with Crippen molar-refractivity contribution in [2.24, 2.45) is 0 Å². The van der Waals surface area contributed by atoms with E-state index >= 15 is 0 Å². The van der Waals surface area contributed by atoms with Gasteiger partial charge in [-0.05, 0) is 31.5 Å². The van der Waals surface area contributed by atoms with E-state index in [4.69, 9.17) is 11.6 Å². The molecule has 0 bridgehead atoms. The molecule has 1 N–H and O–H groups in total. The summed E-state index contributed by atoms with van der Waals surface area (Å²) in [5, 5.41) is 3.97. The first kappa shape index (κ1) is 20.2. The monoisotopic (exact) mass is 404 g/mol. The normalized spacial score (nSPS) is 18.8. The predicted octanol–water partition coefficient (Wildman–Crippen LogP) is 2.62. The van der Waals surface area contributed by atoms with Crippen molar-refractivity contribution in [3.05, 3.63) is 46.9 Å². The zero-order valence-corrected chi connectivity index (χ0v) is 16.5. The van der Waals surface area contributed by atoms with Crippen molar-refractivity contribution < 1.29 is 8.42 Å². The summed E-state index contributed by atoms with van der Waals surface area (Å²) in [6.07, 6.45) is 1.61. The lowest BCUT2D eigenvalue weighted by atomic mass is 10.1. The Morgan fingerprint density at radius 3 is 2.80 bits per heavy atom. The highest BCUT2D eigenvalue weighted by Crippen LogP contribution is 2.29. The van der Waals surface area contributed by atoms with Crippen LogP contribution in [-0.4, -0.2) is 41.9 Å². The second kappa shape index (κ2) is 8.05. The van der Waals surface area contributed by atoms with Crippen LogP contribution >= 0.6 is 24.0 Å². The molecule has 1 aliphatic rings. The van der Waals surface area contributed by atoms with Crippen molar-refractivity contribution in [1.82, 2.24) is 19.2 Å². The number of nitrogens with one attached hydrogen (secondary N) is 1. The van der Waals surface area contributed by atoms with E-state index in [1.807, 2.05) is 36.6 Å². The minimum absolute atomic E-state index is 0. The number of benzene rings is 1. The van der Waals surface area contributed by atoms with Crippen LogP contribution in [0.25, 0.3) is 0 Å². The zero-order valence-electron chi connectivity index (χ0n) is 14.1. The predicted molar refractivity (Wildman–Crippen MR) is 101 cm³/mol. The zero-order chi connectivity index (χ0) is 17.3. The molecule has 25 heavy (non-hydrogen) atoms. The lowest BCUT2D eigenvalue weighted by Crippen LogP contribution is -2.48. The standard InChI is InChI=1S/C16H21ClN4O2S.ClH/c1-3-20-11-16(19-12(20)2)24(22,23)21-8-7-18-10-15(21)13-5-4-6-14(17)9-13;/h4-6,9,11,15,18H,3,7-8,10H2,1-2H3;1H. The van der Waals surface area contributed by atoms with Crippen LogP contribution in [0.15, 0.2) is 35.5 Å². The third kappa shape index (κ3) is 4.01. The van der Waals surface area contributed by atoms with Gasteiger partial charge in [-0.3, -0.25) is 0 Å². The lowest BCUT2D eigenvalue weighted by Gasteiger charge is -2.35. The highest BCUT2D eigenvalue weighted by Gasteiger charge is 2.36. The number of halogens is 2. The third-order valence-electron chi connectivity index (χ3n) is 4.30. The van der Waals surface area contributed by atoms with Gasteiger partial charge in [0.05, 0.1) is 6.04 Å². The SMILES string of the molecule is CCn1cc(S(=O)(=O)N2CCNCC2c2cccc(Cl)c2)nc1C.Cl. The van der Waals surface area contributed by atoms with Crippen molar-refractivity contribution in [2.45, 2.75) is 31.5 Å². The van der Waals surface area contributed by atoms with Gasteiger partial charge < -0.3 is 9.88 Å². The maximum Gasteiger partial charge on any atom is 0.262 e. The second-order valence-electron chi connectivity index (χ2n) is 5.80. The molecule has 1 aliphatic heterocycles. The molecule has 1 aromatic carbocycles. The molecule has 0 radical (unpaired) electrons. The van der Waals surface area contributed by atoms with Crippen LogP contribution in [0, 0.1) is 6.92 Å². The van der Waals surface area contributed by atoms with Gasteiger partial charge in [0.2, 0.25) is 0 Å². The largest absolute Gasteiger partial charge is 0.334 e. The molecule has 0 amide bonds. The molecule has 2 aromatic rings. The smallest absolute Gasteiger partial charge is 0.262 e. The number of nitrogens with zero attached hydrogens (tertiary/aromatic N) is 3. The van der Waals surface area contributed by atoms with E-state index in [1.165, 1.54) is 4.31 Å². The fourth-order valence-electron chi connectivity index (χ4n) is 3.02. The maximum atomic E-state index is 13.1. The Kier molecular flexibility index (Phi) is 6.51. The van der Waals surface area contributed by atoms with Crippen LogP contribution in [0.4, 0.5) is 0 Å². The number of piperazine rings is 1. The van der Waals surface area contributed by atoms with E-state index in [0.29, 0.717) is 37.0 Å². The van der Waals surface area contributed by atoms with Gasteiger partial charge in [0, 0.05) is 37.4 Å². The average molecular weight is 405 g/mol. The summed E-state index contributed by atoms with van der Waals surface area (Å²) in [6, 6.07) is 7.05. The van der Waals surface area contributed by atoms with Gasteiger partial charge in [-0.25, -0.2) is 13.4 Å². The van der Waals surface area contributed by atoms with Crippen LogP contribution in [0.5, 0.6) is 0 Å². The first-order valence-electron chi connectivity index (χ1n) is 7.95. The van der Waals surface area contributed by atoms with Gasteiger partial charge in [0.1, 0.15) is 5.82 Å². The number of aromatic nitrogens is 2. The molecule has 138 valence electrons. The van der Waals surface area contributed by atoms with E-state index < -0.39 is 10.0 Å². The summed E-state index contributed by atoms with van der Waals surface area (Å²) in [4.78, 5) is 4.26. The Bertz CT molecular complexity index is 838. The molecular weight excluding hydrogens is 383 g/mol. The summed E-state index contributed by atoms with van der Waals surface area (Å²) < 4.78 is 29.6. The Balaban J connectivity index is 0.00000225. The van der Waals surface area contributed by atoms with Crippen molar-refractivity contribution in [3.63, 3.8) is 0 Å². The number of hydrogen-bond donors (Lipinski definition) is 1. The first-order chi connectivity index (χ1) is 11.4. The fourth-order valence-corrected chi connectivity index (χ4v) is 4.83. The first-order valence-corrected chi connectivity index (χ1v) is 9.77. The van der Waals surface area contributed by atoms with Gasteiger partial charge in [-0.15, -0.1) is 12.4 Å². The molecule has 1 unspecified atom stereocenters. The molecule has 1 aromatic heterocycles. The molecule has 9 heteroatoms. The molecule has 0 saturated carbocycles. The van der Waals surface area contributed by atoms with Crippen LogP contribution in [0.2, 0.25) is 5.02 Å². The van der Waals surface area contributed by atoms with E-state index in [2.05, 4.69) is 10.3 Å². The summed E-state index contributed by atoms with van der Waals surface area (Å²) >= 11 is 6.08. The molecule has 3 rings (SSSR count). The molecule has 1 fully saturated rings. The third-order valence-corrected chi connectivity index (χ3v) is 6.31. The molecule has 0 aliphatic carbocycles.